The quantitative estimate of drug-likeness (QED) is 0.789. The number of hydrazine groups is 1. The molecule has 1 saturated heterocycles. The Balaban J connectivity index is 2.17. The Morgan fingerprint density at radius 2 is 2.00 bits per heavy atom. The van der Waals surface area contributed by atoms with Crippen LogP contribution in [0.3, 0.4) is 0 Å². The van der Waals surface area contributed by atoms with Crippen molar-refractivity contribution in [1.29, 1.82) is 0 Å². The molecule has 0 aromatic carbocycles. The lowest BCUT2D eigenvalue weighted by Gasteiger charge is -2.38. The number of hydrogen-bond donors (Lipinski definition) is 2. The second-order valence-electron chi connectivity index (χ2n) is 5.07. The molecule has 2 rings (SSSR count). The van der Waals surface area contributed by atoms with E-state index in [0.29, 0.717) is 18.1 Å². The fourth-order valence-corrected chi connectivity index (χ4v) is 2.74. The number of aromatic nitrogens is 2. The standard InChI is InChI=1S/C12H20N6OS/c1-8-7-9(2)17(15-8)18(12(14)19)16-5-3-10(4-6-16)11(13)20/h7,10H,3-6H2,1-2H3,(H2,13,20)(H2,14,19). The van der Waals surface area contributed by atoms with Gasteiger partial charge in [0.15, 0.2) is 0 Å². The number of rotatable bonds is 3. The first kappa shape index (κ1) is 14.7. The van der Waals surface area contributed by atoms with Gasteiger partial charge in [0, 0.05) is 19.0 Å². The Kier molecular flexibility index (Phi) is 4.24. The van der Waals surface area contributed by atoms with Crippen LogP contribution in [-0.2, 0) is 0 Å². The first-order valence-corrected chi connectivity index (χ1v) is 6.98. The molecule has 7 nitrogen and oxygen atoms in total. The fourth-order valence-electron chi connectivity index (χ4n) is 2.50. The summed E-state index contributed by atoms with van der Waals surface area (Å²) >= 11 is 5.03. The Bertz CT molecular complexity index is 520. The van der Waals surface area contributed by atoms with Crippen LogP contribution < -0.4 is 16.6 Å². The largest absolute Gasteiger partial charge is 0.393 e. The van der Waals surface area contributed by atoms with E-state index in [2.05, 4.69) is 5.10 Å². The van der Waals surface area contributed by atoms with Crippen LogP contribution in [0.2, 0.25) is 0 Å². The molecule has 110 valence electrons. The van der Waals surface area contributed by atoms with Gasteiger partial charge in [-0.05, 0) is 32.8 Å². The van der Waals surface area contributed by atoms with E-state index in [4.69, 9.17) is 23.7 Å². The number of thiocarbonyl (C=S) groups is 1. The number of aryl methyl sites for hydroxylation is 2. The van der Waals surface area contributed by atoms with Crippen molar-refractivity contribution in [2.24, 2.45) is 17.4 Å². The van der Waals surface area contributed by atoms with Gasteiger partial charge in [-0.2, -0.15) is 14.9 Å². The monoisotopic (exact) mass is 296 g/mol. The van der Waals surface area contributed by atoms with Crippen molar-refractivity contribution in [2.45, 2.75) is 26.7 Å². The van der Waals surface area contributed by atoms with Gasteiger partial charge in [-0.1, -0.05) is 12.2 Å². The van der Waals surface area contributed by atoms with Crippen LogP contribution in [0.15, 0.2) is 6.07 Å². The van der Waals surface area contributed by atoms with Gasteiger partial charge >= 0.3 is 6.03 Å². The molecule has 8 heteroatoms. The lowest BCUT2D eigenvalue weighted by atomic mass is 9.98. The van der Waals surface area contributed by atoms with Crippen molar-refractivity contribution in [3.8, 4) is 0 Å². The summed E-state index contributed by atoms with van der Waals surface area (Å²) in [6.45, 7) is 5.10. The van der Waals surface area contributed by atoms with E-state index in [1.54, 1.807) is 4.79 Å². The molecule has 2 amide bonds. The molecule has 1 aliphatic heterocycles. The lowest BCUT2D eigenvalue weighted by molar-refractivity contribution is 0.144. The third-order valence-electron chi connectivity index (χ3n) is 3.50. The first-order valence-electron chi connectivity index (χ1n) is 6.57. The maximum Gasteiger partial charge on any atom is 0.350 e. The molecule has 0 atom stereocenters. The van der Waals surface area contributed by atoms with Crippen molar-refractivity contribution in [3.63, 3.8) is 0 Å². The first-order chi connectivity index (χ1) is 9.40. The zero-order chi connectivity index (χ0) is 14.9. The van der Waals surface area contributed by atoms with Gasteiger partial charge in [-0.3, -0.25) is 0 Å². The minimum Gasteiger partial charge on any atom is -0.393 e. The molecule has 1 aromatic heterocycles. The zero-order valence-electron chi connectivity index (χ0n) is 11.7. The highest BCUT2D eigenvalue weighted by Gasteiger charge is 2.29. The van der Waals surface area contributed by atoms with Gasteiger partial charge in [0.1, 0.15) is 0 Å². The number of primary amides is 1. The number of carbonyl (C=O) groups excluding carboxylic acids is 1. The minimum atomic E-state index is -0.551. The van der Waals surface area contributed by atoms with Crippen molar-refractivity contribution < 1.29 is 4.79 Å². The summed E-state index contributed by atoms with van der Waals surface area (Å²) in [6.07, 6.45) is 1.64. The summed E-state index contributed by atoms with van der Waals surface area (Å²) in [7, 11) is 0. The van der Waals surface area contributed by atoms with Crippen LogP contribution in [-0.4, -0.2) is 39.0 Å². The molecular weight excluding hydrogens is 276 g/mol. The Hall–Kier alpha value is -1.67. The van der Waals surface area contributed by atoms with Gasteiger partial charge in [-0.25, -0.2) is 4.79 Å². The molecular formula is C12H20N6OS. The predicted octanol–water partition coefficient (Wildman–Crippen LogP) is 0.430. The predicted molar refractivity (Wildman–Crippen MR) is 80.6 cm³/mol. The van der Waals surface area contributed by atoms with Crippen LogP contribution in [0, 0.1) is 19.8 Å². The highest BCUT2D eigenvalue weighted by atomic mass is 32.1. The number of piperidine rings is 1. The van der Waals surface area contributed by atoms with E-state index in [1.165, 1.54) is 5.12 Å². The Labute approximate surface area is 123 Å². The van der Waals surface area contributed by atoms with Crippen LogP contribution in [0.4, 0.5) is 4.79 Å². The molecule has 20 heavy (non-hydrogen) atoms. The van der Waals surface area contributed by atoms with Gasteiger partial charge < -0.3 is 11.5 Å². The Morgan fingerprint density at radius 1 is 1.40 bits per heavy atom. The molecule has 4 N–H and O–H groups in total. The van der Waals surface area contributed by atoms with E-state index in [9.17, 15) is 4.79 Å². The maximum absolute atomic E-state index is 11.8. The number of nitrogens with zero attached hydrogens (tertiary/aromatic N) is 4. The molecule has 0 radical (unpaired) electrons. The SMILES string of the molecule is Cc1cc(C)n(N(C(N)=O)N2CCC(C(N)=S)CC2)n1. The summed E-state index contributed by atoms with van der Waals surface area (Å²) in [5, 5.41) is 7.58. The van der Waals surface area contributed by atoms with Crippen molar-refractivity contribution in [2.75, 3.05) is 18.2 Å². The topological polar surface area (TPSA) is 93.4 Å². The average Bonchev–Trinajstić information content (AvgIpc) is 2.69. The molecule has 0 unspecified atom stereocenters. The van der Waals surface area contributed by atoms with Crippen LogP contribution in [0.5, 0.6) is 0 Å². The zero-order valence-corrected chi connectivity index (χ0v) is 12.6. The lowest BCUT2D eigenvalue weighted by Crippen LogP contribution is -2.59. The molecule has 2 heterocycles. The van der Waals surface area contributed by atoms with E-state index in [0.717, 1.165) is 24.2 Å². The Morgan fingerprint density at radius 3 is 2.40 bits per heavy atom. The summed E-state index contributed by atoms with van der Waals surface area (Å²) in [5.74, 6) is 0.233. The number of carbonyl (C=O) groups is 1. The van der Waals surface area contributed by atoms with Crippen LogP contribution in [0.1, 0.15) is 24.2 Å². The second-order valence-corrected chi connectivity index (χ2v) is 5.55. The highest BCUT2D eigenvalue weighted by molar-refractivity contribution is 7.80. The second kappa shape index (κ2) is 5.76. The molecule has 0 bridgehead atoms. The summed E-state index contributed by atoms with van der Waals surface area (Å²) < 4.78 is 0. The van der Waals surface area contributed by atoms with Gasteiger partial charge in [0.05, 0.1) is 16.4 Å². The van der Waals surface area contributed by atoms with Crippen molar-refractivity contribution >= 4 is 23.2 Å². The van der Waals surface area contributed by atoms with E-state index < -0.39 is 6.03 Å². The third kappa shape index (κ3) is 2.91. The van der Waals surface area contributed by atoms with Gasteiger partial charge in [0.2, 0.25) is 0 Å². The van der Waals surface area contributed by atoms with Gasteiger partial charge in [-0.15, -0.1) is 5.12 Å². The van der Waals surface area contributed by atoms with Gasteiger partial charge in [0.25, 0.3) is 0 Å². The van der Waals surface area contributed by atoms with Crippen molar-refractivity contribution in [1.82, 2.24) is 14.9 Å². The van der Waals surface area contributed by atoms with Crippen LogP contribution in [0.25, 0.3) is 0 Å². The number of nitrogens with two attached hydrogens (primary N) is 2. The fraction of sp³-hybridized carbons (Fsp3) is 0.583. The maximum atomic E-state index is 11.8. The molecule has 0 aliphatic carbocycles. The number of urea groups is 1. The van der Waals surface area contributed by atoms with E-state index in [1.807, 2.05) is 24.9 Å². The summed E-state index contributed by atoms with van der Waals surface area (Å²) in [6, 6.07) is 1.35. The highest BCUT2D eigenvalue weighted by Crippen LogP contribution is 2.19. The average molecular weight is 296 g/mol. The van der Waals surface area contributed by atoms with Crippen LogP contribution >= 0.6 is 12.2 Å². The minimum absolute atomic E-state index is 0.233. The number of hydrogen-bond acceptors (Lipinski definition) is 4. The molecule has 0 spiro atoms. The third-order valence-corrected chi connectivity index (χ3v) is 3.84. The molecule has 1 aromatic rings. The summed E-state index contributed by atoms with van der Waals surface area (Å²) in [5.41, 5.74) is 12.9. The summed E-state index contributed by atoms with van der Waals surface area (Å²) in [4.78, 5) is 13.9. The van der Waals surface area contributed by atoms with E-state index >= 15 is 0 Å². The normalized spacial score (nSPS) is 17.1. The molecule has 1 aliphatic rings. The molecule has 1 fully saturated rings. The number of amides is 2. The smallest absolute Gasteiger partial charge is 0.350 e. The van der Waals surface area contributed by atoms with E-state index in [-0.39, 0.29) is 5.92 Å². The van der Waals surface area contributed by atoms with Crippen molar-refractivity contribution in [3.05, 3.63) is 17.5 Å². The molecule has 0 saturated carbocycles.